The molecule has 8 nitrogen and oxygen atoms in total. The quantitative estimate of drug-likeness (QED) is 0.174. The van der Waals surface area contributed by atoms with Gasteiger partial charge in [0.1, 0.15) is 5.69 Å². The van der Waals surface area contributed by atoms with E-state index in [1.54, 1.807) is 18.9 Å². The Kier molecular flexibility index (Phi) is 9.24. The van der Waals surface area contributed by atoms with Crippen molar-refractivity contribution < 1.29 is 23.7 Å². The van der Waals surface area contributed by atoms with E-state index in [4.69, 9.17) is 24.0 Å². The van der Waals surface area contributed by atoms with Crippen LogP contribution in [0.2, 0.25) is 0 Å². The summed E-state index contributed by atoms with van der Waals surface area (Å²) < 4.78 is 25.0. The lowest BCUT2D eigenvalue weighted by atomic mass is 9.95. The molecule has 0 saturated carbocycles. The third-order valence-corrected chi connectivity index (χ3v) is 7.81. The molecule has 0 N–H and O–H groups in total. The van der Waals surface area contributed by atoms with Crippen molar-refractivity contribution in [2.45, 2.75) is 39.7 Å². The average Bonchev–Trinajstić information content (AvgIpc) is 3.50. The molecule has 1 amide bonds. The van der Waals surface area contributed by atoms with Crippen molar-refractivity contribution in [2.24, 2.45) is 13.0 Å². The second-order valence-corrected chi connectivity index (χ2v) is 11.1. The van der Waals surface area contributed by atoms with Crippen LogP contribution in [0.25, 0.3) is 11.3 Å². The topological polar surface area (TPSA) is 75.0 Å². The molecule has 1 aliphatic heterocycles. The summed E-state index contributed by atoms with van der Waals surface area (Å²) in [5.41, 5.74) is 5.13. The first-order valence-corrected chi connectivity index (χ1v) is 14.9. The molecule has 1 aliphatic rings. The number of ether oxygens (including phenoxy) is 4. The van der Waals surface area contributed by atoms with Gasteiger partial charge >= 0.3 is 0 Å². The second kappa shape index (κ2) is 13.2. The number of aromatic nitrogens is 2. The van der Waals surface area contributed by atoms with Gasteiger partial charge in [0.25, 0.3) is 5.91 Å². The number of hydrogen-bond acceptors (Lipinski definition) is 6. The van der Waals surface area contributed by atoms with Crippen molar-refractivity contribution in [3.05, 3.63) is 89.1 Å². The zero-order valence-corrected chi connectivity index (χ0v) is 25.9. The highest BCUT2D eigenvalue weighted by Gasteiger charge is 2.43. The molecule has 0 saturated heterocycles. The zero-order valence-electron chi connectivity index (χ0n) is 25.9. The Labute approximate surface area is 254 Å². The minimum Gasteiger partial charge on any atom is -0.493 e. The lowest BCUT2D eigenvalue weighted by molar-refractivity contribution is 0.0741. The molecular weight excluding hydrogens is 542 g/mol. The average molecular weight is 584 g/mol. The van der Waals surface area contributed by atoms with Crippen molar-refractivity contribution in [3.63, 3.8) is 0 Å². The van der Waals surface area contributed by atoms with Gasteiger partial charge in [-0.2, -0.15) is 5.10 Å². The van der Waals surface area contributed by atoms with E-state index < -0.39 is 0 Å². The highest BCUT2D eigenvalue weighted by molar-refractivity contribution is 6.00. The Morgan fingerprint density at radius 1 is 0.884 bits per heavy atom. The summed E-state index contributed by atoms with van der Waals surface area (Å²) in [5, 5.41) is 4.86. The van der Waals surface area contributed by atoms with Crippen molar-refractivity contribution in [1.29, 1.82) is 0 Å². The highest BCUT2D eigenvalue weighted by atomic mass is 16.5. The van der Waals surface area contributed by atoms with Gasteiger partial charge in [-0.1, -0.05) is 50.2 Å². The van der Waals surface area contributed by atoms with Crippen LogP contribution in [-0.4, -0.2) is 54.6 Å². The molecule has 3 aromatic carbocycles. The Morgan fingerprint density at radius 3 is 2.33 bits per heavy atom. The molecule has 0 fully saturated rings. The van der Waals surface area contributed by atoms with E-state index in [-0.39, 0.29) is 11.9 Å². The Bertz CT molecular complexity index is 1560. The van der Waals surface area contributed by atoms with Gasteiger partial charge in [0.05, 0.1) is 39.2 Å². The highest BCUT2D eigenvalue weighted by Crippen LogP contribution is 2.46. The van der Waals surface area contributed by atoms with Gasteiger partial charge in [-0.05, 0) is 67.1 Å². The zero-order chi connectivity index (χ0) is 30.5. The van der Waals surface area contributed by atoms with Crippen LogP contribution in [0.15, 0.2) is 66.7 Å². The maximum Gasteiger partial charge on any atom is 0.273 e. The molecular formula is C35H41N3O5. The number of fused-ring (bicyclic) bond motifs is 1. The minimum absolute atomic E-state index is 0.0483. The fourth-order valence-corrected chi connectivity index (χ4v) is 5.62. The molecule has 0 unspecified atom stereocenters. The maximum absolute atomic E-state index is 14.1. The Balaban J connectivity index is 1.61. The lowest BCUT2D eigenvalue weighted by Crippen LogP contribution is -2.32. The maximum atomic E-state index is 14.1. The van der Waals surface area contributed by atoms with Crippen LogP contribution in [0.3, 0.4) is 0 Å². The first-order valence-electron chi connectivity index (χ1n) is 14.9. The third kappa shape index (κ3) is 6.19. The summed E-state index contributed by atoms with van der Waals surface area (Å²) in [7, 11) is 5.06. The summed E-state index contributed by atoms with van der Waals surface area (Å²) in [6.45, 7) is 7.98. The lowest BCUT2D eigenvalue weighted by Gasteiger charge is -2.27. The number of aryl methyl sites for hydroxylation is 1. The van der Waals surface area contributed by atoms with Gasteiger partial charge in [-0.3, -0.25) is 9.48 Å². The predicted molar refractivity (Wildman–Crippen MR) is 167 cm³/mol. The van der Waals surface area contributed by atoms with Crippen LogP contribution >= 0.6 is 0 Å². The predicted octanol–water partition coefficient (Wildman–Crippen LogP) is 6.72. The summed E-state index contributed by atoms with van der Waals surface area (Å²) >= 11 is 0. The van der Waals surface area contributed by atoms with Gasteiger partial charge in [0.2, 0.25) is 0 Å². The molecule has 8 heteroatoms. The van der Waals surface area contributed by atoms with E-state index in [0.717, 1.165) is 35.2 Å². The fourth-order valence-electron chi connectivity index (χ4n) is 5.62. The molecule has 4 aromatic rings. The molecule has 0 radical (unpaired) electrons. The molecule has 5 rings (SSSR count). The first-order chi connectivity index (χ1) is 20.9. The number of nitrogens with zero attached hydrogens (tertiary/aromatic N) is 3. The van der Waals surface area contributed by atoms with Gasteiger partial charge in [0, 0.05) is 24.7 Å². The minimum atomic E-state index is -0.369. The number of rotatable bonds is 13. The van der Waals surface area contributed by atoms with Gasteiger partial charge in [0.15, 0.2) is 23.0 Å². The molecule has 0 spiro atoms. The molecule has 0 bridgehead atoms. The molecule has 43 heavy (non-hydrogen) atoms. The van der Waals surface area contributed by atoms with E-state index >= 15 is 0 Å². The van der Waals surface area contributed by atoms with E-state index in [0.29, 0.717) is 54.4 Å². The van der Waals surface area contributed by atoms with Crippen LogP contribution in [0, 0.1) is 5.92 Å². The molecule has 1 aromatic heterocycles. The SMILES string of the molecule is CCOc1cc([C@H]2c3c(-c4ccc(OC)c(OC)c4)nn(C)c3C(=O)N2CCc2ccccc2)ccc1OCCC(C)C. The van der Waals surface area contributed by atoms with Crippen molar-refractivity contribution in [3.8, 4) is 34.3 Å². The molecule has 1 atom stereocenters. The van der Waals surface area contributed by atoms with Crippen molar-refractivity contribution in [2.75, 3.05) is 34.0 Å². The number of carbonyl (C=O) groups excluding carboxylic acids is 1. The van der Waals surface area contributed by atoms with E-state index in [9.17, 15) is 4.79 Å². The smallest absolute Gasteiger partial charge is 0.273 e. The van der Waals surface area contributed by atoms with Gasteiger partial charge in [-0.15, -0.1) is 0 Å². The van der Waals surface area contributed by atoms with Crippen molar-refractivity contribution in [1.82, 2.24) is 14.7 Å². The number of hydrogen-bond donors (Lipinski definition) is 0. The monoisotopic (exact) mass is 583 g/mol. The van der Waals surface area contributed by atoms with E-state index in [1.807, 2.05) is 73.5 Å². The standard InChI is InChI=1S/C35H41N3O5/c1-7-42-30-22-26(14-16-28(30)43-20-18-23(2)3)33-31-32(25-13-15-27(40-5)29(21-25)41-6)36-37(4)34(31)35(39)38(33)19-17-24-11-9-8-10-12-24/h8-16,21-23,33H,7,17-20H2,1-6H3/t33-/m0/s1. The van der Waals surface area contributed by atoms with Crippen LogP contribution in [0.5, 0.6) is 23.0 Å². The second-order valence-electron chi connectivity index (χ2n) is 11.1. The van der Waals surface area contributed by atoms with Crippen LogP contribution in [0.1, 0.15) is 60.4 Å². The molecule has 226 valence electrons. The Hall–Kier alpha value is -4.46. The number of carbonyl (C=O) groups is 1. The number of amides is 1. The van der Waals surface area contributed by atoms with Crippen LogP contribution in [-0.2, 0) is 13.5 Å². The van der Waals surface area contributed by atoms with E-state index in [2.05, 4.69) is 26.0 Å². The van der Waals surface area contributed by atoms with Gasteiger partial charge in [-0.25, -0.2) is 0 Å². The summed E-state index contributed by atoms with van der Waals surface area (Å²) in [6.07, 6.45) is 1.68. The molecule has 2 heterocycles. The third-order valence-electron chi connectivity index (χ3n) is 7.81. The van der Waals surface area contributed by atoms with Crippen molar-refractivity contribution >= 4 is 5.91 Å². The number of methoxy groups -OCH3 is 2. The van der Waals surface area contributed by atoms with Crippen LogP contribution in [0.4, 0.5) is 0 Å². The first kappa shape index (κ1) is 30.0. The largest absolute Gasteiger partial charge is 0.493 e. The normalized spacial score (nSPS) is 14.3. The summed E-state index contributed by atoms with van der Waals surface area (Å²) in [5.74, 6) is 3.10. The molecule has 0 aliphatic carbocycles. The van der Waals surface area contributed by atoms with Crippen LogP contribution < -0.4 is 18.9 Å². The van der Waals surface area contributed by atoms with E-state index in [1.165, 1.54) is 5.56 Å². The Morgan fingerprint density at radius 2 is 1.63 bits per heavy atom. The van der Waals surface area contributed by atoms with Gasteiger partial charge < -0.3 is 23.8 Å². The summed E-state index contributed by atoms with van der Waals surface area (Å²) in [6, 6.07) is 21.6. The number of benzene rings is 3. The fraction of sp³-hybridized carbons (Fsp3) is 0.371. The summed E-state index contributed by atoms with van der Waals surface area (Å²) in [4.78, 5) is 16.1.